The van der Waals surface area contributed by atoms with Crippen molar-refractivity contribution in [1.82, 2.24) is 14.5 Å². The van der Waals surface area contributed by atoms with Crippen molar-refractivity contribution in [2.45, 2.75) is 6.54 Å². The minimum atomic E-state index is -0.458. The van der Waals surface area contributed by atoms with Crippen molar-refractivity contribution in [3.05, 3.63) is 44.7 Å². The molecule has 1 aliphatic rings. The van der Waals surface area contributed by atoms with Crippen LogP contribution in [-0.2, 0) is 6.54 Å². The number of benzene rings is 1. The Morgan fingerprint density at radius 2 is 2.36 bits per heavy atom. The highest BCUT2D eigenvalue weighted by Gasteiger charge is 2.12. The van der Waals surface area contributed by atoms with E-state index in [0.29, 0.717) is 16.3 Å². The molecular weight excluding hydrogens is 306 g/mol. The number of aromatic nitrogens is 3. The summed E-state index contributed by atoms with van der Waals surface area (Å²) in [4.78, 5) is 18.6. The molecular formula is C12H11N7O2S. The molecule has 10 heteroatoms. The van der Waals surface area contributed by atoms with E-state index in [1.54, 1.807) is 16.7 Å². The quantitative estimate of drug-likeness (QED) is 0.383. The summed E-state index contributed by atoms with van der Waals surface area (Å²) in [6.07, 6.45) is 1.45. The van der Waals surface area contributed by atoms with Crippen LogP contribution in [0.5, 0.6) is 0 Å². The molecule has 0 bridgehead atoms. The zero-order valence-corrected chi connectivity index (χ0v) is 12.1. The highest BCUT2D eigenvalue weighted by molar-refractivity contribution is 7.71. The Kier molecular flexibility index (Phi) is 3.74. The first-order valence-corrected chi connectivity index (χ1v) is 6.80. The minimum Gasteiger partial charge on any atom is -0.354 e. The Balaban J connectivity index is 1.75. The number of hydrogen-bond acceptors (Lipinski definition) is 8. The largest absolute Gasteiger partial charge is 0.354 e. The van der Waals surface area contributed by atoms with Gasteiger partial charge in [0.25, 0.3) is 5.69 Å². The first-order valence-electron chi connectivity index (χ1n) is 6.40. The number of non-ortho nitro benzene ring substituents is 1. The zero-order valence-electron chi connectivity index (χ0n) is 11.3. The van der Waals surface area contributed by atoms with E-state index in [4.69, 9.17) is 12.2 Å². The number of fused-ring (bicyclic) bond motifs is 1. The van der Waals surface area contributed by atoms with E-state index in [1.807, 2.05) is 0 Å². The van der Waals surface area contributed by atoms with Crippen molar-refractivity contribution in [1.29, 1.82) is 0 Å². The van der Waals surface area contributed by atoms with E-state index < -0.39 is 4.92 Å². The van der Waals surface area contributed by atoms with Gasteiger partial charge in [0.05, 0.1) is 11.1 Å². The van der Waals surface area contributed by atoms with E-state index in [-0.39, 0.29) is 11.6 Å². The van der Waals surface area contributed by atoms with Gasteiger partial charge in [-0.25, -0.2) is 5.43 Å². The van der Waals surface area contributed by atoms with Crippen LogP contribution >= 0.6 is 12.2 Å². The van der Waals surface area contributed by atoms with Crippen LogP contribution in [0.2, 0.25) is 0 Å². The fourth-order valence-electron chi connectivity index (χ4n) is 1.98. The Labute approximate surface area is 129 Å². The van der Waals surface area contributed by atoms with E-state index in [2.05, 4.69) is 25.8 Å². The Hall–Kier alpha value is -2.88. The lowest BCUT2D eigenvalue weighted by atomic mass is 10.2. The van der Waals surface area contributed by atoms with Gasteiger partial charge in [0, 0.05) is 30.8 Å². The fourth-order valence-corrected chi connectivity index (χ4v) is 2.24. The molecule has 0 fully saturated rings. The van der Waals surface area contributed by atoms with Crippen molar-refractivity contribution in [2.75, 3.05) is 17.3 Å². The molecule has 0 radical (unpaired) electrons. The van der Waals surface area contributed by atoms with Gasteiger partial charge in [-0.05, 0) is 12.2 Å². The lowest BCUT2D eigenvalue weighted by Gasteiger charge is -2.04. The van der Waals surface area contributed by atoms with Crippen LogP contribution in [0.4, 0.5) is 17.6 Å². The Morgan fingerprint density at radius 3 is 3.18 bits per heavy atom. The average Bonchev–Trinajstić information content (AvgIpc) is 2.96. The summed E-state index contributed by atoms with van der Waals surface area (Å²) in [6, 6.07) is 6.14. The Bertz CT molecular complexity index is 817. The molecule has 1 aromatic heterocycles. The second-order valence-corrected chi connectivity index (χ2v) is 4.82. The average molecular weight is 317 g/mol. The normalized spacial score (nSPS) is 12.9. The molecule has 0 saturated heterocycles. The summed E-state index contributed by atoms with van der Waals surface area (Å²) in [6.45, 7) is 1.50. The second kappa shape index (κ2) is 5.85. The summed E-state index contributed by atoms with van der Waals surface area (Å²) in [5.41, 5.74) is 3.27. The smallest absolute Gasteiger partial charge is 0.270 e. The molecule has 0 aliphatic carbocycles. The van der Waals surface area contributed by atoms with Crippen LogP contribution in [0.3, 0.4) is 0 Å². The van der Waals surface area contributed by atoms with Crippen LogP contribution in [0.15, 0.2) is 29.4 Å². The first kappa shape index (κ1) is 14.1. The van der Waals surface area contributed by atoms with E-state index in [9.17, 15) is 10.1 Å². The van der Waals surface area contributed by atoms with Crippen LogP contribution in [0.1, 0.15) is 5.56 Å². The number of nitro groups is 1. The van der Waals surface area contributed by atoms with Gasteiger partial charge in [-0.15, -0.1) is 0 Å². The molecule has 2 N–H and O–H groups in total. The van der Waals surface area contributed by atoms with E-state index in [0.717, 1.165) is 13.1 Å². The highest BCUT2D eigenvalue weighted by atomic mass is 32.1. The topological polar surface area (TPSA) is 110 Å². The summed E-state index contributed by atoms with van der Waals surface area (Å²) in [5, 5.41) is 17.8. The number of nitrogens with one attached hydrogen (secondary N) is 2. The molecule has 3 rings (SSSR count). The molecule has 112 valence electrons. The fraction of sp³-hybridized carbons (Fsp3) is 0.167. The predicted molar refractivity (Wildman–Crippen MR) is 83.7 cm³/mol. The number of rotatable bonds is 4. The number of nitrogens with zero attached hydrogens (tertiary/aromatic N) is 5. The number of nitro benzene ring substituents is 1. The maximum absolute atomic E-state index is 10.7. The maximum Gasteiger partial charge on any atom is 0.270 e. The summed E-state index contributed by atoms with van der Waals surface area (Å²) in [7, 11) is 0. The summed E-state index contributed by atoms with van der Waals surface area (Å²) >= 11 is 5.16. The lowest BCUT2D eigenvalue weighted by molar-refractivity contribution is -0.384. The minimum absolute atomic E-state index is 0.00572. The van der Waals surface area contributed by atoms with Crippen molar-refractivity contribution in [3.63, 3.8) is 0 Å². The maximum atomic E-state index is 10.7. The third-order valence-corrected chi connectivity index (χ3v) is 3.29. The molecule has 22 heavy (non-hydrogen) atoms. The van der Waals surface area contributed by atoms with Crippen molar-refractivity contribution in [3.8, 4) is 0 Å². The van der Waals surface area contributed by atoms with Crippen molar-refractivity contribution < 1.29 is 4.92 Å². The summed E-state index contributed by atoms with van der Waals surface area (Å²) < 4.78 is 2.22. The van der Waals surface area contributed by atoms with Gasteiger partial charge in [-0.3, -0.25) is 14.7 Å². The lowest BCUT2D eigenvalue weighted by Crippen LogP contribution is -2.05. The van der Waals surface area contributed by atoms with Gasteiger partial charge in [0.2, 0.25) is 16.7 Å². The van der Waals surface area contributed by atoms with Gasteiger partial charge in [-0.1, -0.05) is 12.1 Å². The molecule has 0 spiro atoms. The van der Waals surface area contributed by atoms with Crippen LogP contribution < -0.4 is 10.7 Å². The molecule has 0 amide bonds. The molecule has 1 aromatic carbocycles. The molecule has 1 aliphatic heterocycles. The standard InChI is InChI=1S/C12H11N7O2S/c20-19(21)9-3-1-2-8(6-9)7-14-17-10-15-11-13-4-5-18(11)12(22)16-10/h1-3,6-7H,4-5H2,(H2,13,15,16,17,22)/b14-7+. The van der Waals surface area contributed by atoms with Crippen LogP contribution in [0, 0.1) is 14.9 Å². The summed E-state index contributed by atoms with van der Waals surface area (Å²) in [5.74, 6) is 0.917. The number of hydrazone groups is 1. The monoisotopic (exact) mass is 317 g/mol. The molecule has 2 heterocycles. The number of hydrogen-bond donors (Lipinski definition) is 2. The molecule has 2 aromatic rings. The van der Waals surface area contributed by atoms with Crippen molar-refractivity contribution in [2.24, 2.45) is 5.10 Å². The molecule has 0 unspecified atom stereocenters. The van der Waals surface area contributed by atoms with Gasteiger partial charge in [0.1, 0.15) is 0 Å². The third-order valence-electron chi connectivity index (χ3n) is 2.98. The third kappa shape index (κ3) is 2.91. The van der Waals surface area contributed by atoms with Crippen molar-refractivity contribution >= 4 is 36.0 Å². The zero-order chi connectivity index (χ0) is 15.5. The van der Waals surface area contributed by atoms with Crippen LogP contribution in [0.25, 0.3) is 0 Å². The molecule has 0 saturated carbocycles. The highest BCUT2D eigenvalue weighted by Crippen LogP contribution is 2.14. The second-order valence-electron chi connectivity index (χ2n) is 4.45. The molecule has 9 nitrogen and oxygen atoms in total. The predicted octanol–water partition coefficient (Wildman–Crippen LogP) is 1.79. The van der Waals surface area contributed by atoms with Gasteiger partial charge in [0.15, 0.2) is 0 Å². The SMILES string of the molecule is O=[N+]([O-])c1cccc(/C=N/Nc2nc3n(c(=S)n2)CCN3)c1. The molecule has 0 atom stereocenters. The van der Waals surface area contributed by atoms with Crippen LogP contribution in [-0.4, -0.2) is 32.2 Å². The first-order chi connectivity index (χ1) is 10.6. The van der Waals surface area contributed by atoms with E-state index in [1.165, 1.54) is 18.3 Å². The van der Waals surface area contributed by atoms with E-state index >= 15 is 0 Å². The number of anilines is 2. The Morgan fingerprint density at radius 1 is 1.50 bits per heavy atom. The van der Waals surface area contributed by atoms with Gasteiger partial charge < -0.3 is 5.32 Å². The van der Waals surface area contributed by atoms with Gasteiger partial charge >= 0.3 is 0 Å². The van der Waals surface area contributed by atoms with Gasteiger partial charge in [-0.2, -0.15) is 15.1 Å².